The summed E-state index contributed by atoms with van der Waals surface area (Å²) in [5.74, 6) is -4.83. The lowest BCUT2D eigenvalue weighted by Gasteiger charge is -2.24. The van der Waals surface area contributed by atoms with Crippen molar-refractivity contribution in [2.45, 2.75) is 44.8 Å². The van der Waals surface area contributed by atoms with Gasteiger partial charge in [0.15, 0.2) is 23.4 Å². The molecule has 0 radical (unpaired) electrons. The zero-order chi connectivity index (χ0) is 66.4. The Hall–Kier alpha value is -7.81. The van der Waals surface area contributed by atoms with E-state index in [0.29, 0.717) is 56.2 Å². The van der Waals surface area contributed by atoms with Crippen molar-refractivity contribution < 1.29 is 118 Å². The second-order valence-electron chi connectivity index (χ2n) is 17.6. The molecule has 3 N–H and O–H groups in total. The monoisotopic (exact) mass is 1310 g/mol. The van der Waals surface area contributed by atoms with Crippen LogP contribution in [0.5, 0.6) is 11.5 Å². The number of carbonyl (C=O) groups excluding carboxylic acids is 3. The third-order valence-corrected chi connectivity index (χ3v) is 13.4. The van der Waals surface area contributed by atoms with Gasteiger partial charge in [-0.05, 0) is 62.4 Å². The predicted octanol–water partition coefficient (Wildman–Crippen LogP) is 8.36. The minimum Gasteiger partial charge on any atom is -0.499 e. The summed E-state index contributed by atoms with van der Waals surface area (Å²) in [6.45, 7) is 19.1. The highest BCUT2D eigenvalue weighted by molar-refractivity contribution is 7.25. The van der Waals surface area contributed by atoms with E-state index in [-0.39, 0.29) is 95.5 Å². The van der Waals surface area contributed by atoms with E-state index in [9.17, 15) is 51.0 Å². The van der Waals surface area contributed by atoms with Crippen LogP contribution in [0.2, 0.25) is 0 Å². The Morgan fingerprint density at radius 2 is 0.956 bits per heavy atom. The van der Waals surface area contributed by atoms with E-state index < -0.39 is 78.5 Å². The van der Waals surface area contributed by atoms with Gasteiger partial charge in [-0.25, -0.2) is 28.0 Å². The predicted molar refractivity (Wildman–Crippen MR) is 323 cm³/mol. The van der Waals surface area contributed by atoms with Gasteiger partial charge in [0, 0.05) is 38.4 Å². The Balaban J connectivity index is 0.000000407. The van der Waals surface area contributed by atoms with E-state index >= 15 is 0 Å². The van der Waals surface area contributed by atoms with Gasteiger partial charge in [-0.3, -0.25) is 9.59 Å². The van der Waals surface area contributed by atoms with Gasteiger partial charge in [0.05, 0.1) is 92.5 Å². The Bertz CT molecular complexity index is 3380. The maximum absolute atomic E-state index is 14.8. The molecule has 90 heavy (non-hydrogen) atoms. The smallest absolute Gasteiger partial charge is 0.490 e. The lowest BCUT2D eigenvalue weighted by molar-refractivity contribution is -0.208. The highest BCUT2D eigenvalue weighted by Gasteiger charge is 2.38. The second-order valence-corrected chi connectivity index (χ2v) is 19.7. The summed E-state index contributed by atoms with van der Waals surface area (Å²) in [5, 5.41) is 26.2. The molecule has 0 amide bonds. The molecular formula is C61H69F5O22S2. The number of carbonyl (C=O) groups is 4. The molecule has 0 fully saturated rings. The van der Waals surface area contributed by atoms with Crippen molar-refractivity contribution in [2.75, 3.05) is 106 Å². The van der Waals surface area contributed by atoms with Crippen molar-refractivity contribution in [3.63, 3.8) is 0 Å². The number of alkyl halides is 3. The molecule has 4 atom stereocenters. The molecule has 6 aromatic rings. The Morgan fingerprint density at radius 1 is 0.556 bits per heavy atom. The van der Waals surface area contributed by atoms with Crippen molar-refractivity contribution in [2.24, 2.45) is 0 Å². The van der Waals surface area contributed by atoms with Crippen LogP contribution in [0.4, 0.5) is 22.0 Å². The van der Waals surface area contributed by atoms with Crippen LogP contribution >= 0.6 is 22.7 Å². The van der Waals surface area contributed by atoms with Crippen LogP contribution in [0.25, 0.3) is 40.3 Å². The molecule has 2 aromatic heterocycles. The van der Waals surface area contributed by atoms with Gasteiger partial charge in [0.1, 0.15) is 75.0 Å². The van der Waals surface area contributed by atoms with Crippen LogP contribution in [-0.2, 0) is 71.3 Å². The summed E-state index contributed by atoms with van der Waals surface area (Å²) in [6.07, 6.45) is -3.51. The van der Waals surface area contributed by atoms with E-state index in [1.165, 1.54) is 53.2 Å². The fraction of sp³-hybridized carbons (Fsp3) is 0.377. The summed E-state index contributed by atoms with van der Waals surface area (Å²) in [4.78, 5) is 67.1. The van der Waals surface area contributed by atoms with Gasteiger partial charge in [-0.2, -0.15) is 13.2 Å². The van der Waals surface area contributed by atoms with E-state index in [4.69, 9.17) is 71.8 Å². The standard InChI is InChI=1S/C34H41FO12S.C16H13FO4S.C9H14O4.C2HF3O2/c1-5-30(36)43-19-15-39-13-17-41-23(3)45-21-25(47-24(4)42-18-14-40-16-20-44-31(37)6-2)22-46-28-12-11-27(35)32-33(38)26-9-7-8-10-29(26)48-34(28)32;17-11-5-6-12(21-8-9(19)7-18)16-14(11)15(20)10-3-1-2-4-13(10)22-16;1-3-9(10)13-8-7-12-6-5-11-4-2;3-2(4,5)1(6)7/h5-12,23-25H,1-2,13-22H2,3-4H3;1-6,9,18-19H,7-8H2;3-4H,1-2,5-8H2;(H,6,7). The second kappa shape index (κ2) is 42.2. The SMILES string of the molecule is C=CC(=O)OCCOCCOC(C)OCC(COc1ccc(F)c2c(=O)c3ccccc3sc12)OC(C)OCCOCCOC(=O)C=C.C=COCCOCCOC(=O)C=C.O=C(O)C(F)(F)F.O=c1c2ccccc2sc2c(OCC(O)CO)ccc(F)c12. The molecule has 0 spiro atoms. The molecule has 4 unspecified atom stereocenters. The third kappa shape index (κ3) is 27.9. The first-order valence-corrected chi connectivity index (χ1v) is 28.7. The van der Waals surface area contributed by atoms with E-state index in [0.717, 1.165) is 22.9 Å². The number of esters is 3. The summed E-state index contributed by atoms with van der Waals surface area (Å²) < 4.78 is 133. The fourth-order valence-corrected chi connectivity index (χ4v) is 9.19. The lowest BCUT2D eigenvalue weighted by atomic mass is 10.1. The van der Waals surface area contributed by atoms with Crippen LogP contribution in [0, 0.1) is 11.6 Å². The van der Waals surface area contributed by atoms with Crippen molar-refractivity contribution in [1.82, 2.24) is 0 Å². The van der Waals surface area contributed by atoms with Crippen molar-refractivity contribution in [3.8, 4) is 11.5 Å². The van der Waals surface area contributed by atoms with Gasteiger partial charge in [0.2, 0.25) is 0 Å². The maximum Gasteiger partial charge on any atom is 0.490 e. The number of rotatable bonds is 36. The lowest BCUT2D eigenvalue weighted by Crippen LogP contribution is -2.34. The topological polar surface area (TPSA) is 283 Å². The fourth-order valence-electron chi connectivity index (χ4n) is 6.88. The number of aliphatic carboxylic acids is 1. The summed E-state index contributed by atoms with van der Waals surface area (Å²) in [7, 11) is 0. The van der Waals surface area contributed by atoms with Gasteiger partial charge in [-0.1, -0.05) is 50.6 Å². The molecule has 22 nitrogen and oxygen atoms in total. The molecule has 6 rings (SSSR count). The van der Waals surface area contributed by atoms with Crippen LogP contribution < -0.4 is 20.3 Å². The van der Waals surface area contributed by atoms with Crippen molar-refractivity contribution in [3.05, 3.63) is 156 Å². The number of halogens is 5. The Kier molecular flexibility index (Phi) is 35.9. The molecule has 0 aliphatic rings. The number of carboxylic acid groups (broad SMARTS) is 1. The minimum atomic E-state index is -5.08. The largest absolute Gasteiger partial charge is 0.499 e. The molecule has 2 heterocycles. The number of hydrogen-bond donors (Lipinski definition) is 3. The minimum absolute atomic E-state index is 0.0142. The Morgan fingerprint density at radius 3 is 1.37 bits per heavy atom. The molecule has 0 saturated carbocycles. The summed E-state index contributed by atoms with van der Waals surface area (Å²) in [6, 6.07) is 19.3. The average molecular weight is 1310 g/mol. The van der Waals surface area contributed by atoms with Gasteiger partial charge in [0.25, 0.3) is 0 Å². The third-order valence-electron chi connectivity index (χ3n) is 11.0. The van der Waals surface area contributed by atoms with Crippen molar-refractivity contribution >= 4 is 86.9 Å². The number of carboxylic acids is 1. The van der Waals surface area contributed by atoms with E-state index in [1.807, 2.05) is 6.07 Å². The first-order valence-electron chi connectivity index (χ1n) is 27.1. The normalized spacial score (nSPS) is 12.3. The molecule has 29 heteroatoms. The number of hydrogen-bond acceptors (Lipinski definition) is 23. The number of fused-ring (bicyclic) bond motifs is 4. The first-order chi connectivity index (χ1) is 43.1. The number of aliphatic hydroxyl groups is 2. The average Bonchev–Trinajstić information content (AvgIpc) is 0.813. The van der Waals surface area contributed by atoms with Crippen LogP contribution in [0.1, 0.15) is 13.8 Å². The van der Waals surface area contributed by atoms with Crippen LogP contribution in [0.15, 0.2) is 133 Å². The molecule has 0 saturated heterocycles. The zero-order valence-electron chi connectivity index (χ0n) is 49.0. The first kappa shape index (κ1) is 76.4. The van der Waals surface area contributed by atoms with Crippen LogP contribution in [0.3, 0.4) is 0 Å². The molecule has 492 valence electrons. The van der Waals surface area contributed by atoms with Gasteiger partial charge >= 0.3 is 30.1 Å². The van der Waals surface area contributed by atoms with E-state index in [2.05, 4.69) is 31.1 Å². The zero-order valence-corrected chi connectivity index (χ0v) is 50.6. The molecular weight excluding hydrogens is 1240 g/mol. The molecule has 0 aliphatic heterocycles. The number of ether oxygens (including phenoxy) is 13. The highest BCUT2D eigenvalue weighted by Crippen LogP contribution is 2.35. The van der Waals surface area contributed by atoms with Crippen molar-refractivity contribution in [1.29, 1.82) is 0 Å². The van der Waals surface area contributed by atoms with Gasteiger partial charge in [-0.15, -0.1) is 22.7 Å². The summed E-state index contributed by atoms with van der Waals surface area (Å²) in [5.41, 5.74) is -0.788. The Labute approximate surface area is 520 Å². The highest BCUT2D eigenvalue weighted by atomic mass is 32.1. The van der Waals surface area contributed by atoms with Gasteiger partial charge < -0.3 is 76.9 Å². The molecule has 0 bridgehead atoms. The van der Waals surface area contributed by atoms with Crippen LogP contribution in [-0.4, -0.2) is 176 Å². The molecule has 4 aromatic carbocycles. The summed E-state index contributed by atoms with van der Waals surface area (Å²) >= 11 is 2.52. The maximum atomic E-state index is 14.8. The number of benzene rings is 4. The quantitative estimate of drug-likeness (QED) is 0.00486. The van der Waals surface area contributed by atoms with E-state index in [1.54, 1.807) is 56.3 Å². The number of aliphatic hydroxyl groups excluding tert-OH is 2. The molecule has 0 aliphatic carbocycles.